The molecule has 1 fully saturated rings. The van der Waals surface area contributed by atoms with E-state index in [1.165, 1.54) is 25.3 Å². The summed E-state index contributed by atoms with van der Waals surface area (Å²) >= 11 is 0. The molecule has 1 aliphatic heterocycles. The predicted octanol–water partition coefficient (Wildman–Crippen LogP) is 0.580. The van der Waals surface area contributed by atoms with E-state index in [-0.39, 0.29) is 41.5 Å². The molecule has 0 bridgehead atoms. The number of nitro benzene ring substituents is 1. The van der Waals surface area contributed by atoms with Gasteiger partial charge in [0, 0.05) is 38.3 Å². The van der Waals surface area contributed by atoms with Gasteiger partial charge in [0.1, 0.15) is 0 Å². The molecule has 2 N–H and O–H groups in total. The molecule has 166 valence electrons. The summed E-state index contributed by atoms with van der Waals surface area (Å²) in [6.45, 7) is 5.78. The highest BCUT2D eigenvalue weighted by Gasteiger charge is 2.36. The molecule has 1 heterocycles. The van der Waals surface area contributed by atoms with E-state index in [9.17, 15) is 23.3 Å². The second-order valence-corrected chi connectivity index (χ2v) is 8.67. The third kappa shape index (κ3) is 5.89. The van der Waals surface area contributed by atoms with E-state index in [1.54, 1.807) is 0 Å². The summed E-state index contributed by atoms with van der Waals surface area (Å²) < 4.78 is 32.0. The van der Waals surface area contributed by atoms with Gasteiger partial charge in [0.25, 0.3) is 5.69 Å². The van der Waals surface area contributed by atoms with Crippen LogP contribution in [-0.4, -0.2) is 70.0 Å². The molecular weight excluding hydrogens is 414 g/mol. The fraction of sp³-hybridized carbons (Fsp3) is 0.556. The van der Waals surface area contributed by atoms with Crippen molar-refractivity contribution in [2.24, 2.45) is 16.8 Å². The number of ether oxygens (including phenoxy) is 1. The zero-order valence-corrected chi connectivity index (χ0v) is 18.0. The standard InChI is InChI=1S/C18H27N5O6S/c1-4-19-18(22-11-13(2)16(12-22)17(24)29-3)20-8-9-21-30(27,28)15-7-5-6-14(10-15)23(25)26/h5-7,10,13,16,21H,4,8-9,11-12H2,1-3H3,(H,19,20). The van der Waals surface area contributed by atoms with E-state index >= 15 is 0 Å². The van der Waals surface area contributed by atoms with Gasteiger partial charge in [-0.2, -0.15) is 0 Å². The van der Waals surface area contributed by atoms with Crippen LogP contribution in [0.25, 0.3) is 0 Å². The molecule has 2 rings (SSSR count). The maximum Gasteiger partial charge on any atom is 0.310 e. The molecule has 1 aromatic carbocycles. The molecule has 11 nitrogen and oxygen atoms in total. The number of nitro groups is 1. The summed E-state index contributed by atoms with van der Waals surface area (Å²) in [6.07, 6.45) is 0. The quantitative estimate of drug-likeness (QED) is 0.149. The van der Waals surface area contributed by atoms with Crippen molar-refractivity contribution in [1.82, 2.24) is 14.9 Å². The average Bonchev–Trinajstić information content (AvgIpc) is 3.11. The van der Waals surface area contributed by atoms with E-state index in [1.807, 2.05) is 18.7 Å². The maximum atomic E-state index is 12.4. The molecule has 0 radical (unpaired) electrons. The summed E-state index contributed by atoms with van der Waals surface area (Å²) in [7, 11) is -2.53. The first-order valence-corrected chi connectivity index (χ1v) is 11.0. The van der Waals surface area contributed by atoms with Crippen LogP contribution in [-0.2, 0) is 19.6 Å². The monoisotopic (exact) mass is 441 g/mol. The molecular formula is C18H27N5O6S. The topological polar surface area (TPSA) is 143 Å². The summed E-state index contributed by atoms with van der Waals surface area (Å²) in [6, 6.07) is 4.85. The van der Waals surface area contributed by atoms with E-state index in [4.69, 9.17) is 4.74 Å². The number of hydrogen-bond acceptors (Lipinski definition) is 7. The molecule has 2 atom stereocenters. The number of sulfonamides is 1. The number of carbonyl (C=O) groups is 1. The summed E-state index contributed by atoms with van der Waals surface area (Å²) in [5.74, 6) is 0.191. The zero-order chi connectivity index (χ0) is 22.3. The number of nitrogens with one attached hydrogen (secondary N) is 2. The van der Waals surface area contributed by atoms with Crippen LogP contribution in [0.4, 0.5) is 5.69 Å². The number of esters is 1. The Bertz CT molecular complexity index is 904. The highest BCUT2D eigenvalue weighted by Crippen LogP contribution is 2.24. The number of carbonyl (C=O) groups excluding carboxylic acids is 1. The second kappa shape index (κ2) is 10.3. The SMILES string of the molecule is CCNC(=NCCNS(=O)(=O)c1cccc([N+](=O)[O-])c1)N1CC(C)C(C(=O)OC)C1. The van der Waals surface area contributed by atoms with Crippen LogP contribution in [0.3, 0.4) is 0 Å². The third-order valence-electron chi connectivity index (χ3n) is 4.75. The van der Waals surface area contributed by atoms with Gasteiger partial charge in [0.2, 0.25) is 10.0 Å². The minimum atomic E-state index is -3.90. The van der Waals surface area contributed by atoms with Gasteiger partial charge >= 0.3 is 5.97 Å². The Kier molecular flexibility index (Phi) is 8.12. The number of methoxy groups -OCH3 is 1. The van der Waals surface area contributed by atoms with E-state index in [0.717, 1.165) is 6.07 Å². The first-order chi connectivity index (χ1) is 14.2. The summed E-state index contributed by atoms with van der Waals surface area (Å²) in [5, 5.41) is 14.0. The number of benzene rings is 1. The lowest BCUT2D eigenvalue weighted by Crippen LogP contribution is -2.41. The molecule has 0 aromatic heterocycles. The van der Waals surface area contributed by atoms with Crippen molar-refractivity contribution in [1.29, 1.82) is 0 Å². The Morgan fingerprint density at radius 3 is 2.77 bits per heavy atom. The van der Waals surface area contributed by atoms with Crippen LogP contribution in [0.2, 0.25) is 0 Å². The van der Waals surface area contributed by atoms with E-state index < -0.39 is 14.9 Å². The Balaban J connectivity index is 2.00. The van der Waals surface area contributed by atoms with Crippen LogP contribution in [0.15, 0.2) is 34.2 Å². The lowest BCUT2D eigenvalue weighted by atomic mass is 9.99. The molecule has 2 unspecified atom stereocenters. The number of guanidine groups is 1. The Hall–Kier alpha value is -2.73. The number of hydrogen-bond donors (Lipinski definition) is 2. The summed E-state index contributed by atoms with van der Waals surface area (Å²) in [4.78, 5) is 28.3. The lowest BCUT2D eigenvalue weighted by molar-refractivity contribution is -0.385. The highest BCUT2D eigenvalue weighted by molar-refractivity contribution is 7.89. The minimum absolute atomic E-state index is 0.0176. The molecule has 1 aliphatic rings. The molecule has 0 amide bonds. The predicted molar refractivity (Wildman–Crippen MR) is 111 cm³/mol. The molecule has 0 saturated carbocycles. The van der Waals surface area contributed by atoms with Crippen molar-refractivity contribution in [2.75, 3.05) is 39.8 Å². The Morgan fingerprint density at radius 1 is 1.40 bits per heavy atom. The van der Waals surface area contributed by atoms with Crippen molar-refractivity contribution < 1.29 is 22.9 Å². The van der Waals surface area contributed by atoms with Crippen molar-refractivity contribution >= 4 is 27.6 Å². The fourth-order valence-corrected chi connectivity index (χ4v) is 4.27. The van der Waals surface area contributed by atoms with Gasteiger partial charge in [-0.25, -0.2) is 13.1 Å². The molecule has 1 aromatic rings. The van der Waals surface area contributed by atoms with E-state index in [0.29, 0.717) is 25.6 Å². The van der Waals surface area contributed by atoms with Gasteiger partial charge in [0.05, 0.1) is 29.4 Å². The molecule has 0 spiro atoms. The van der Waals surface area contributed by atoms with Crippen molar-refractivity contribution in [2.45, 2.75) is 18.7 Å². The number of likely N-dealkylation sites (tertiary alicyclic amines) is 1. The first-order valence-electron chi connectivity index (χ1n) is 9.54. The van der Waals surface area contributed by atoms with Gasteiger partial charge in [-0.3, -0.25) is 19.9 Å². The van der Waals surface area contributed by atoms with Crippen molar-refractivity contribution in [3.8, 4) is 0 Å². The van der Waals surface area contributed by atoms with Gasteiger partial charge < -0.3 is 15.0 Å². The molecule has 30 heavy (non-hydrogen) atoms. The fourth-order valence-electron chi connectivity index (χ4n) is 3.21. The number of non-ortho nitro benzene ring substituents is 1. The van der Waals surface area contributed by atoms with Crippen LogP contribution >= 0.6 is 0 Å². The third-order valence-corrected chi connectivity index (χ3v) is 6.21. The number of rotatable bonds is 8. The number of nitrogens with zero attached hydrogens (tertiary/aromatic N) is 3. The lowest BCUT2D eigenvalue weighted by Gasteiger charge is -2.21. The van der Waals surface area contributed by atoms with Crippen molar-refractivity contribution in [3.63, 3.8) is 0 Å². The second-order valence-electron chi connectivity index (χ2n) is 6.90. The normalized spacial score (nSPS) is 19.6. The Labute approximate surface area is 175 Å². The highest BCUT2D eigenvalue weighted by atomic mass is 32.2. The average molecular weight is 442 g/mol. The first kappa shape index (κ1) is 23.5. The minimum Gasteiger partial charge on any atom is -0.469 e. The van der Waals surface area contributed by atoms with Crippen LogP contribution in [0, 0.1) is 22.0 Å². The molecule has 0 aliphatic carbocycles. The van der Waals surface area contributed by atoms with Gasteiger partial charge in [-0.1, -0.05) is 13.0 Å². The smallest absolute Gasteiger partial charge is 0.310 e. The number of aliphatic imine (C=N–C) groups is 1. The molecule has 12 heteroatoms. The largest absolute Gasteiger partial charge is 0.469 e. The maximum absolute atomic E-state index is 12.4. The zero-order valence-electron chi connectivity index (χ0n) is 17.2. The summed E-state index contributed by atoms with van der Waals surface area (Å²) in [5.41, 5.74) is -0.298. The van der Waals surface area contributed by atoms with Crippen LogP contribution in [0.1, 0.15) is 13.8 Å². The van der Waals surface area contributed by atoms with Gasteiger partial charge in [0.15, 0.2) is 5.96 Å². The van der Waals surface area contributed by atoms with Crippen LogP contribution in [0.5, 0.6) is 0 Å². The van der Waals surface area contributed by atoms with Gasteiger partial charge in [-0.15, -0.1) is 0 Å². The molecule has 1 saturated heterocycles. The van der Waals surface area contributed by atoms with E-state index in [2.05, 4.69) is 15.0 Å². The van der Waals surface area contributed by atoms with Crippen LogP contribution < -0.4 is 10.0 Å². The van der Waals surface area contributed by atoms with Gasteiger partial charge in [-0.05, 0) is 18.9 Å². The van der Waals surface area contributed by atoms with Crippen molar-refractivity contribution in [3.05, 3.63) is 34.4 Å². The Morgan fingerprint density at radius 2 is 2.13 bits per heavy atom.